The molecule has 0 aliphatic rings. The average molecular weight is 333 g/mol. The number of nitrogens with zero attached hydrogens (tertiary/aromatic N) is 2. The summed E-state index contributed by atoms with van der Waals surface area (Å²) in [4.78, 5) is 16.5. The molecule has 1 aromatic carbocycles. The molecule has 0 aliphatic carbocycles. The van der Waals surface area contributed by atoms with Crippen LogP contribution in [0.1, 0.15) is 17.2 Å². The van der Waals surface area contributed by atoms with Crippen molar-refractivity contribution in [1.82, 2.24) is 14.6 Å². The number of likely N-dealkylation sites (N-methyl/N-ethyl adjacent to an activating group) is 1. The highest BCUT2D eigenvalue weighted by molar-refractivity contribution is 7.88. The summed E-state index contributed by atoms with van der Waals surface area (Å²) in [5, 5.41) is 2.77. The molecule has 1 amide bonds. The summed E-state index contributed by atoms with van der Waals surface area (Å²) in [6.45, 7) is 0.285. The average Bonchev–Trinajstić information content (AvgIpc) is 2.54. The van der Waals surface area contributed by atoms with E-state index < -0.39 is 16.1 Å². The first-order valence-corrected chi connectivity index (χ1v) is 8.89. The Morgan fingerprint density at radius 3 is 2.48 bits per heavy atom. The van der Waals surface area contributed by atoms with E-state index in [-0.39, 0.29) is 12.5 Å². The first-order chi connectivity index (χ1) is 10.9. The van der Waals surface area contributed by atoms with Crippen LogP contribution in [0.3, 0.4) is 0 Å². The lowest BCUT2D eigenvalue weighted by Gasteiger charge is -2.25. The third kappa shape index (κ3) is 4.61. The molecule has 0 radical (unpaired) electrons. The van der Waals surface area contributed by atoms with Crippen LogP contribution in [0.25, 0.3) is 0 Å². The summed E-state index contributed by atoms with van der Waals surface area (Å²) in [7, 11) is -2.12. The molecule has 6 nitrogen and oxygen atoms in total. The number of carbonyl (C=O) groups excluding carboxylic acids is 1. The lowest BCUT2D eigenvalue weighted by molar-refractivity contribution is -0.124. The lowest BCUT2D eigenvalue weighted by atomic mass is 10.1. The molecule has 2 rings (SSSR count). The Labute approximate surface area is 136 Å². The van der Waals surface area contributed by atoms with Gasteiger partial charge in [0.05, 0.1) is 6.26 Å². The monoisotopic (exact) mass is 333 g/mol. The predicted octanol–water partition coefficient (Wildman–Crippen LogP) is 1.33. The van der Waals surface area contributed by atoms with Crippen LogP contribution in [0.4, 0.5) is 0 Å². The first-order valence-electron chi connectivity index (χ1n) is 7.04. The van der Waals surface area contributed by atoms with Crippen LogP contribution in [0.5, 0.6) is 0 Å². The van der Waals surface area contributed by atoms with Crippen molar-refractivity contribution >= 4 is 15.9 Å². The van der Waals surface area contributed by atoms with Crippen LogP contribution < -0.4 is 5.32 Å². The fourth-order valence-electron chi connectivity index (χ4n) is 2.14. The lowest BCUT2D eigenvalue weighted by Crippen LogP contribution is -2.41. The number of hydrogen-bond acceptors (Lipinski definition) is 4. The highest BCUT2D eigenvalue weighted by atomic mass is 32.2. The Kier molecular flexibility index (Phi) is 5.46. The minimum Gasteiger partial charge on any atom is -0.350 e. The summed E-state index contributed by atoms with van der Waals surface area (Å²) in [5.41, 5.74) is 1.46. The second-order valence-electron chi connectivity index (χ2n) is 5.17. The van der Waals surface area contributed by atoms with Gasteiger partial charge in [-0.3, -0.25) is 9.78 Å². The zero-order chi connectivity index (χ0) is 16.9. The number of rotatable bonds is 6. The van der Waals surface area contributed by atoms with Crippen molar-refractivity contribution in [3.8, 4) is 0 Å². The number of hydrogen-bond donors (Lipinski definition) is 1. The van der Waals surface area contributed by atoms with Crippen molar-refractivity contribution in [1.29, 1.82) is 0 Å². The van der Waals surface area contributed by atoms with Gasteiger partial charge in [-0.1, -0.05) is 36.4 Å². The van der Waals surface area contributed by atoms with E-state index in [4.69, 9.17) is 0 Å². The molecule has 1 atom stereocenters. The van der Waals surface area contributed by atoms with Gasteiger partial charge in [-0.25, -0.2) is 8.42 Å². The van der Waals surface area contributed by atoms with Crippen LogP contribution in [0.2, 0.25) is 0 Å². The van der Waals surface area contributed by atoms with Crippen LogP contribution in [0.15, 0.2) is 54.9 Å². The minimum atomic E-state index is -3.52. The normalized spacial score (nSPS) is 12.8. The van der Waals surface area contributed by atoms with E-state index in [2.05, 4.69) is 10.3 Å². The molecule has 23 heavy (non-hydrogen) atoms. The fraction of sp³-hybridized carbons (Fsp3) is 0.250. The summed E-state index contributed by atoms with van der Waals surface area (Å²) in [6, 6.07) is 11.5. The maximum Gasteiger partial charge on any atom is 0.243 e. The van der Waals surface area contributed by atoms with E-state index in [0.717, 1.165) is 16.1 Å². The largest absolute Gasteiger partial charge is 0.350 e. The van der Waals surface area contributed by atoms with Gasteiger partial charge in [0.1, 0.15) is 6.04 Å². The van der Waals surface area contributed by atoms with E-state index in [1.807, 2.05) is 12.1 Å². The van der Waals surface area contributed by atoms with Crippen molar-refractivity contribution in [2.75, 3.05) is 13.3 Å². The van der Waals surface area contributed by atoms with Crippen LogP contribution >= 0.6 is 0 Å². The predicted molar refractivity (Wildman–Crippen MR) is 87.9 cm³/mol. The molecule has 0 bridgehead atoms. The SMILES string of the molecule is CN([C@@H](C(=O)NCc1cccnc1)c1ccccc1)S(C)(=O)=O. The van der Waals surface area contributed by atoms with Crippen molar-refractivity contribution in [3.63, 3.8) is 0 Å². The summed E-state index contributed by atoms with van der Waals surface area (Å²) >= 11 is 0. The molecule has 2 aromatic rings. The van der Waals surface area contributed by atoms with E-state index >= 15 is 0 Å². The molecule has 7 heteroatoms. The number of pyridine rings is 1. The third-order valence-electron chi connectivity index (χ3n) is 3.44. The van der Waals surface area contributed by atoms with Gasteiger partial charge >= 0.3 is 0 Å². The van der Waals surface area contributed by atoms with Gasteiger partial charge in [0.25, 0.3) is 0 Å². The van der Waals surface area contributed by atoms with Crippen molar-refractivity contribution in [2.24, 2.45) is 0 Å². The first kappa shape index (κ1) is 17.1. The van der Waals surface area contributed by atoms with Crippen LogP contribution in [-0.4, -0.2) is 36.9 Å². The van der Waals surface area contributed by atoms with Gasteiger partial charge in [-0.2, -0.15) is 4.31 Å². The van der Waals surface area contributed by atoms with Crippen LogP contribution in [-0.2, 0) is 21.4 Å². The van der Waals surface area contributed by atoms with Gasteiger partial charge in [-0.05, 0) is 17.2 Å². The summed E-state index contributed by atoms with van der Waals surface area (Å²) < 4.78 is 24.8. The van der Waals surface area contributed by atoms with Crippen molar-refractivity contribution in [3.05, 3.63) is 66.0 Å². The Morgan fingerprint density at radius 2 is 1.91 bits per heavy atom. The van der Waals surface area contributed by atoms with Gasteiger partial charge in [-0.15, -0.1) is 0 Å². The Balaban J connectivity index is 2.21. The van der Waals surface area contributed by atoms with Crippen LogP contribution in [0, 0.1) is 0 Å². The third-order valence-corrected chi connectivity index (χ3v) is 4.70. The summed E-state index contributed by atoms with van der Waals surface area (Å²) in [6.07, 6.45) is 4.38. The highest BCUT2D eigenvalue weighted by Gasteiger charge is 2.30. The standard InChI is InChI=1S/C16H19N3O3S/c1-19(23(2,21)22)15(14-8-4-3-5-9-14)16(20)18-12-13-7-6-10-17-11-13/h3-11,15H,12H2,1-2H3,(H,18,20)/t15-/m1/s1. The molecular formula is C16H19N3O3S. The van der Waals surface area contributed by atoms with E-state index in [0.29, 0.717) is 5.56 Å². The van der Waals surface area contributed by atoms with Gasteiger partial charge in [0.2, 0.25) is 15.9 Å². The number of sulfonamides is 1. The Morgan fingerprint density at radius 1 is 1.22 bits per heavy atom. The molecule has 1 N–H and O–H groups in total. The molecule has 1 aromatic heterocycles. The second kappa shape index (κ2) is 7.34. The fourth-order valence-corrected chi connectivity index (χ4v) is 2.74. The molecule has 0 fully saturated rings. The quantitative estimate of drug-likeness (QED) is 0.865. The maximum absolute atomic E-state index is 12.6. The molecule has 122 valence electrons. The van der Waals surface area contributed by atoms with Gasteiger partial charge < -0.3 is 5.32 Å². The van der Waals surface area contributed by atoms with E-state index in [9.17, 15) is 13.2 Å². The maximum atomic E-state index is 12.6. The smallest absolute Gasteiger partial charge is 0.243 e. The van der Waals surface area contributed by atoms with E-state index in [1.54, 1.807) is 42.7 Å². The summed E-state index contributed by atoms with van der Waals surface area (Å²) in [5.74, 6) is -0.382. The Bertz CT molecular complexity index is 749. The van der Waals surface area contributed by atoms with Gasteiger partial charge in [0.15, 0.2) is 0 Å². The molecular weight excluding hydrogens is 314 g/mol. The van der Waals surface area contributed by atoms with E-state index in [1.165, 1.54) is 7.05 Å². The molecule has 0 aliphatic heterocycles. The number of benzene rings is 1. The highest BCUT2D eigenvalue weighted by Crippen LogP contribution is 2.22. The molecule has 0 spiro atoms. The molecule has 0 unspecified atom stereocenters. The minimum absolute atomic E-state index is 0.285. The second-order valence-corrected chi connectivity index (χ2v) is 7.21. The zero-order valence-electron chi connectivity index (χ0n) is 13.0. The number of amides is 1. The van der Waals surface area contributed by atoms with Crippen molar-refractivity contribution in [2.45, 2.75) is 12.6 Å². The van der Waals surface area contributed by atoms with Gasteiger partial charge in [0, 0.05) is 26.0 Å². The number of nitrogens with one attached hydrogen (secondary N) is 1. The molecule has 0 saturated heterocycles. The number of carbonyl (C=O) groups is 1. The molecule has 0 saturated carbocycles. The Hall–Kier alpha value is -2.25. The molecule has 1 heterocycles. The zero-order valence-corrected chi connectivity index (χ0v) is 13.8. The van der Waals surface area contributed by atoms with Crippen molar-refractivity contribution < 1.29 is 13.2 Å². The number of aromatic nitrogens is 1. The topological polar surface area (TPSA) is 79.4 Å².